The van der Waals surface area contributed by atoms with Crippen molar-refractivity contribution >= 4 is 0 Å². The molecule has 1 atom stereocenters. The third-order valence-electron chi connectivity index (χ3n) is 3.06. The first-order valence-corrected chi connectivity index (χ1v) is 4.71. The Kier molecular flexibility index (Phi) is 2.50. The van der Waals surface area contributed by atoms with E-state index in [1.54, 1.807) is 0 Å². The molecule has 1 rings (SSSR count). The van der Waals surface area contributed by atoms with E-state index < -0.39 is 0 Å². The predicted octanol–water partition coefficient (Wildman–Crippen LogP) is 1.56. The van der Waals surface area contributed by atoms with Gasteiger partial charge in [-0.05, 0) is 18.3 Å². The Labute approximate surface area is 74.6 Å². The lowest BCUT2D eigenvalue weighted by atomic mass is 9.60. The molecule has 1 aliphatic carbocycles. The molecule has 2 nitrogen and oxygen atoms in total. The number of hydrogen-bond acceptors (Lipinski definition) is 2. The first-order chi connectivity index (χ1) is 5.42. The lowest BCUT2D eigenvalue weighted by Crippen LogP contribution is -2.50. The lowest BCUT2D eigenvalue weighted by molar-refractivity contribution is -0.118. The Balaban J connectivity index is 2.67. The van der Waals surface area contributed by atoms with Crippen LogP contribution in [0.5, 0.6) is 0 Å². The van der Waals surface area contributed by atoms with E-state index in [0.717, 1.165) is 19.3 Å². The Morgan fingerprint density at radius 1 is 1.33 bits per heavy atom. The molecule has 0 aliphatic heterocycles. The van der Waals surface area contributed by atoms with Crippen LogP contribution in [0.2, 0.25) is 0 Å². The van der Waals surface area contributed by atoms with Crippen LogP contribution in [0.25, 0.3) is 0 Å². The molecule has 1 aliphatic rings. The number of rotatable bonds is 2. The topological polar surface area (TPSA) is 40.5 Å². The summed E-state index contributed by atoms with van der Waals surface area (Å²) in [6, 6.07) is 0. The summed E-state index contributed by atoms with van der Waals surface area (Å²) in [5.41, 5.74) is -0.290. The minimum absolute atomic E-state index is 0.108. The second-order valence-corrected chi connectivity index (χ2v) is 5.14. The smallest absolute Gasteiger partial charge is 0.0666 e. The maximum atomic E-state index is 10.00. The van der Waals surface area contributed by atoms with Crippen LogP contribution in [0.4, 0.5) is 0 Å². The van der Waals surface area contributed by atoms with Gasteiger partial charge in [-0.2, -0.15) is 0 Å². The molecule has 0 saturated heterocycles. The largest absolute Gasteiger partial charge is 0.396 e. The molecule has 72 valence electrons. The van der Waals surface area contributed by atoms with Crippen LogP contribution >= 0.6 is 0 Å². The summed E-state index contributed by atoms with van der Waals surface area (Å²) in [7, 11) is 0. The SMILES string of the molecule is CC(C)(C)[C@@H](O)C1(CO)CCC1. The second kappa shape index (κ2) is 3.00. The summed E-state index contributed by atoms with van der Waals surface area (Å²) in [4.78, 5) is 0. The molecule has 0 amide bonds. The molecule has 0 bridgehead atoms. The molecular weight excluding hydrogens is 152 g/mol. The Morgan fingerprint density at radius 2 is 1.83 bits per heavy atom. The van der Waals surface area contributed by atoms with Gasteiger partial charge in [0.2, 0.25) is 0 Å². The number of aliphatic hydroxyl groups is 2. The maximum Gasteiger partial charge on any atom is 0.0666 e. The molecule has 0 aromatic rings. The molecule has 0 radical (unpaired) electrons. The molecule has 0 aromatic heterocycles. The van der Waals surface area contributed by atoms with Gasteiger partial charge >= 0.3 is 0 Å². The summed E-state index contributed by atoms with van der Waals surface area (Å²) >= 11 is 0. The van der Waals surface area contributed by atoms with Crippen LogP contribution < -0.4 is 0 Å². The molecule has 1 fully saturated rings. The van der Waals surface area contributed by atoms with Gasteiger partial charge < -0.3 is 10.2 Å². The normalized spacial score (nSPS) is 24.8. The van der Waals surface area contributed by atoms with Gasteiger partial charge in [0.05, 0.1) is 12.7 Å². The molecule has 0 unspecified atom stereocenters. The lowest BCUT2D eigenvalue weighted by Gasteiger charge is -2.48. The fourth-order valence-electron chi connectivity index (χ4n) is 2.07. The van der Waals surface area contributed by atoms with Crippen molar-refractivity contribution in [2.75, 3.05) is 6.61 Å². The molecule has 2 N–H and O–H groups in total. The highest BCUT2D eigenvalue weighted by atomic mass is 16.3. The van der Waals surface area contributed by atoms with Crippen LogP contribution in [0, 0.1) is 10.8 Å². The van der Waals surface area contributed by atoms with E-state index in [1.165, 1.54) is 0 Å². The van der Waals surface area contributed by atoms with Gasteiger partial charge in [0.1, 0.15) is 0 Å². The van der Waals surface area contributed by atoms with E-state index in [0.29, 0.717) is 0 Å². The van der Waals surface area contributed by atoms with Gasteiger partial charge in [-0.1, -0.05) is 27.2 Å². The quantitative estimate of drug-likeness (QED) is 0.663. The third kappa shape index (κ3) is 1.50. The van der Waals surface area contributed by atoms with Crippen LogP contribution in [-0.2, 0) is 0 Å². The average molecular weight is 172 g/mol. The molecule has 0 aromatic carbocycles. The summed E-state index contributed by atoms with van der Waals surface area (Å²) < 4.78 is 0. The first kappa shape index (κ1) is 10.0. The van der Waals surface area contributed by atoms with Crippen molar-refractivity contribution in [1.29, 1.82) is 0 Å². The van der Waals surface area contributed by atoms with Crippen LogP contribution in [-0.4, -0.2) is 22.9 Å². The van der Waals surface area contributed by atoms with Crippen molar-refractivity contribution in [1.82, 2.24) is 0 Å². The fraction of sp³-hybridized carbons (Fsp3) is 1.00. The van der Waals surface area contributed by atoms with Gasteiger partial charge in [-0.3, -0.25) is 0 Å². The highest BCUT2D eigenvalue weighted by Gasteiger charge is 2.47. The number of aliphatic hydroxyl groups excluding tert-OH is 2. The van der Waals surface area contributed by atoms with E-state index in [1.807, 2.05) is 20.8 Å². The standard InChI is InChI=1S/C10H20O2/c1-9(2,3)8(12)10(7-11)5-4-6-10/h8,11-12H,4-7H2,1-3H3/t8-/m1/s1. The molecule has 12 heavy (non-hydrogen) atoms. The van der Waals surface area contributed by atoms with Crippen LogP contribution in [0.15, 0.2) is 0 Å². The van der Waals surface area contributed by atoms with Crippen molar-refractivity contribution < 1.29 is 10.2 Å². The summed E-state index contributed by atoms with van der Waals surface area (Å²) in [6.07, 6.45) is 2.72. The highest BCUT2D eigenvalue weighted by Crippen LogP contribution is 2.48. The van der Waals surface area contributed by atoms with Gasteiger partial charge in [0.15, 0.2) is 0 Å². The highest BCUT2D eigenvalue weighted by molar-refractivity contribution is 4.97. The van der Waals surface area contributed by atoms with E-state index in [2.05, 4.69) is 0 Å². The van der Waals surface area contributed by atoms with Crippen molar-refractivity contribution in [3.05, 3.63) is 0 Å². The van der Waals surface area contributed by atoms with Crippen LogP contribution in [0.3, 0.4) is 0 Å². The zero-order chi connectivity index (χ0) is 9.41. The summed E-state index contributed by atoms with van der Waals surface area (Å²) in [5, 5.41) is 19.2. The first-order valence-electron chi connectivity index (χ1n) is 4.71. The number of hydrogen-bond donors (Lipinski definition) is 2. The van der Waals surface area contributed by atoms with Crippen molar-refractivity contribution in [3.63, 3.8) is 0 Å². The zero-order valence-electron chi connectivity index (χ0n) is 8.30. The molecule has 0 spiro atoms. The van der Waals surface area contributed by atoms with E-state index in [-0.39, 0.29) is 23.5 Å². The van der Waals surface area contributed by atoms with Crippen LogP contribution in [0.1, 0.15) is 40.0 Å². The third-order valence-corrected chi connectivity index (χ3v) is 3.06. The summed E-state index contributed by atoms with van der Waals surface area (Å²) in [5.74, 6) is 0. The molecule has 2 heteroatoms. The molecular formula is C10H20O2. The minimum atomic E-state index is -0.372. The predicted molar refractivity (Wildman–Crippen MR) is 48.8 cm³/mol. The van der Waals surface area contributed by atoms with Gasteiger partial charge in [-0.15, -0.1) is 0 Å². The fourth-order valence-corrected chi connectivity index (χ4v) is 2.07. The van der Waals surface area contributed by atoms with E-state index in [4.69, 9.17) is 0 Å². The Morgan fingerprint density at radius 3 is 1.92 bits per heavy atom. The van der Waals surface area contributed by atoms with Crippen molar-refractivity contribution in [3.8, 4) is 0 Å². The van der Waals surface area contributed by atoms with Crippen molar-refractivity contribution in [2.45, 2.75) is 46.1 Å². The molecule has 0 heterocycles. The second-order valence-electron chi connectivity index (χ2n) is 5.14. The average Bonchev–Trinajstić information content (AvgIpc) is 1.84. The summed E-state index contributed by atoms with van der Waals surface area (Å²) in [6.45, 7) is 6.19. The van der Waals surface area contributed by atoms with Gasteiger partial charge in [0, 0.05) is 5.41 Å². The van der Waals surface area contributed by atoms with E-state index in [9.17, 15) is 10.2 Å². The molecule has 1 saturated carbocycles. The monoisotopic (exact) mass is 172 g/mol. The Hall–Kier alpha value is -0.0800. The van der Waals surface area contributed by atoms with E-state index >= 15 is 0 Å². The van der Waals surface area contributed by atoms with Crippen molar-refractivity contribution in [2.24, 2.45) is 10.8 Å². The Bertz CT molecular complexity index is 148. The van der Waals surface area contributed by atoms with Gasteiger partial charge in [0.25, 0.3) is 0 Å². The van der Waals surface area contributed by atoms with Gasteiger partial charge in [-0.25, -0.2) is 0 Å². The zero-order valence-corrected chi connectivity index (χ0v) is 8.30. The maximum absolute atomic E-state index is 10.00. The minimum Gasteiger partial charge on any atom is -0.396 e.